The van der Waals surface area contributed by atoms with E-state index >= 15 is 0 Å². The molecule has 1 saturated heterocycles. The van der Waals surface area contributed by atoms with Crippen LogP contribution in [0.15, 0.2) is 6.20 Å². The van der Waals surface area contributed by atoms with Gasteiger partial charge in [-0.1, -0.05) is 0 Å². The molecule has 0 N–H and O–H groups in total. The Balaban J connectivity index is 1.71. The predicted molar refractivity (Wildman–Crippen MR) is 101 cm³/mol. The fourth-order valence-corrected chi connectivity index (χ4v) is 3.94. The first-order valence-electron chi connectivity index (χ1n) is 9.67. The van der Waals surface area contributed by atoms with Crippen molar-refractivity contribution in [3.05, 3.63) is 17.5 Å². The molecule has 3 rings (SSSR count). The van der Waals surface area contributed by atoms with Crippen molar-refractivity contribution in [2.75, 3.05) is 58.3 Å². The predicted octanol–water partition coefficient (Wildman–Crippen LogP) is 1.27. The van der Waals surface area contributed by atoms with E-state index in [1.165, 1.54) is 5.56 Å². The van der Waals surface area contributed by atoms with Gasteiger partial charge in [-0.15, -0.1) is 0 Å². The molecule has 0 radical (unpaired) electrons. The molecule has 0 atom stereocenters. The van der Waals surface area contributed by atoms with Crippen LogP contribution in [0.25, 0.3) is 0 Å². The third kappa shape index (κ3) is 3.69. The van der Waals surface area contributed by atoms with Crippen LogP contribution < -0.4 is 4.90 Å². The lowest BCUT2D eigenvalue weighted by Gasteiger charge is -2.44. The van der Waals surface area contributed by atoms with E-state index in [4.69, 9.17) is 9.72 Å². The zero-order valence-corrected chi connectivity index (χ0v) is 16.5. The summed E-state index contributed by atoms with van der Waals surface area (Å²) in [6, 6.07) is 0. The average Bonchev–Trinajstić information content (AvgIpc) is 2.65. The summed E-state index contributed by atoms with van der Waals surface area (Å²) in [5.41, 5.74) is 1.93. The van der Waals surface area contributed by atoms with E-state index in [1.807, 2.05) is 43.9 Å². The van der Waals surface area contributed by atoms with Crippen LogP contribution in [0, 0.1) is 0 Å². The van der Waals surface area contributed by atoms with Gasteiger partial charge in [0.25, 0.3) is 0 Å². The minimum absolute atomic E-state index is 0.216. The highest BCUT2D eigenvalue weighted by molar-refractivity contribution is 5.78. The van der Waals surface area contributed by atoms with Crippen molar-refractivity contribution in [2.45, 2.75) is 38.7 Å². The Labute approximate surface area is 156 Å². The van der Waals surface area contributed by atoms with Gasteiger partial charge >= 0.3 is 0 Å². The van der Waals surface area contributed by atoms with Crippen LogP contribution in [0.1, 0.15) is 37.9 Å². The van der Waals surface area contributed by atoms with Gasteiger partial charge in [0.2, 0.25) is 11.9 Å². The molecule has 26 heavy (non-hydrogen) atoms. The second-order valence-electron chi connectivity index (χ2n) is 7.37. The number of hydrogen-bond donors (Lipinski definition) is 0. The Hall–Kier alpha value is -1.73. The maximum absolute atomic E-state index is 12.4. The maximum atomic E-state index is 12.4. The van der Waals surface area contributed by atoms with Crippen LogP contribution in [0.4, 0.5) is 5.95 Å². The Morgan fingerprint density at radius 1 is 1.27 bits per heavy atom. The van der Waals surface area contributed by atoms with Crippen LogP contribution in [-0.4, -0.2) is 79.1 Å². The van der Waals surface area contributed by atoms with E-state index in [-0.39, 0.29) is 11.5 Å². The normalized spacial score (nSPS) is 19.2. The number of amides is 1. The Kier molecular flexibility index (Phi) is 5.77. The minimum atomic E-state index is -0.323. The second kappa shape index (κ2) is 7.88. The molecule has 1 spiro atoms. The number of carbonyl (C=O) groups excluding carboxylic acids is 1. The summed E-state index contributed by atoms with van der Waals surface area (Å²) in [5, 5.41) is 0. The number of nitrogens with zero attached hydrogens (tertiary/aromatic N) is 5. The zero-order valence-electron chi connectivity index (χ0n) is 16.5. The molecule has 3 heterocycles. The molecule has 0 aliphatic carbocycles. The average molecular weight is 361 g/mol. The number of likely N-dealkylation sites (tertiary alicyclic amines) is 1. The first-order chi connectivity index (χ1) is 12.5. The highest BCUT2D eigenvalue weighted by Crippen LogP contribution is 2.40. The number of carbonyl (C=O) groups is 1. The third-order valence-corrected chi connectivity index (χ3v) is 5.57. The largest absolute Gasteiger partial charge is 0.368 e. The Morgan fingerprint density at radius 3 is 2.58 bits per heavy atom. The molecule has 1 aromatic heterocycles. The molecule has 1 fully saturated rings. The van der Waals surface area contributed by atoms with E-state index in [2.05, 4.69) is 9.88 Å². The van der Waals surface area contributed by atoms with Crippen LogP contribution in [0.5, 0.6) is 0 Å². The summed E-state index contributed by atoms with van der Waals surface area (Å²) in [6.07, 6.45) is 4.57. The lowest BCUT2D eigenvalue weighted by molar-refractivity contribution is -0.135. The summed E-state index contributed by atoms with van der Waals surface area (Å²) < 4.78 is 6.28. The molecular formula is C19H31N5O2. The van der Waals surface area contributed by atoms with Crippen molar-refractivity contribution >= 4 is 11.9 Å². The van der Waals surface area contributed by atoms with E-state index in [9.17, 15) is 4.79 Å². The van der Waals surface area contributed by atoms with Crippen LogP contribution >= 0.6 is 0 Å². The van der Waals surface area contributed by atoms with Crippen molar-refractivity contribution in [2.24, 2.45) is 0 Å². The highest BCUT2D eigenvalue weighted by atomic mass is 16.5. The number of piperidine rings is 1. The second-order valence-corrected chi connectivity index (χ2v) is 7.37. The van der Waals surface area contributed by atoms with Gasteiger partial charge in [-0.25, -0.2) is 9.97 Å². The highest BCUT2D eigenvalue weighted by Gasteiger charge is 2.43. The first-order valence-corrected chi connectivity index (χ1v) is 9.67. The van der Waals surface area contributed by atoms with E-state index in [1.54, 1.807) is 0 Å². The van der Waals surface area contributed by atoms with Gasteiger partial charge < -0.3 is 14.5 Å². The summed E-state index contributed by atoms with van der Waals surface area (Å²) in [5.74, 6) is 0.945. The summed E-state index contributed by atoms with van der Waals surface area (Å²) in [7, 11) is 3.92. The number of anilines is 1. The lowest BCUT2D eigenvalue weighted by Crippen LogP contribution is -2.50. The quantitative estimate of drug-likeness (QED) is 0.787. The number of likely N-dealkylation sites (N-methyl/N-ethyl adjacent to an activating group) is 1. The standard InChI is InChI=1S/C19H31N5O2/c1-5-24(6-2)16(25)14-23-10-8-19(9-11-23)17-15(7-12-26-19)13-20-18(21-17)22(3)4/h13H,5-12,14H2,1-4H3. The molecule has 1 amide bonds. The van der Waals surface area contributed by atoms with Gasteiger partial charge in [-0.05, 0) is 38.7 Å². The molecule has 0 saturated carbocycles. The summed E-state index contributed by atoms with van der Waals surface area (Å²) in [4.78, 5) is 27.7. The molecule has 0 aromatic carbocycles. The molecule has 144 valence electrons. The van der Waals surface area contributed by atoms with E-state index in [0.29, 0.717) is 6.54 Å². The fraction of sp³-hybridized carbons (Fsp3) is 0.737. The minimum Gasteiger partial charge on any atom is -0.368 e. The van der Waals surface area contributed by atoms with Crippen molar-refractivity contribution in [1.82, 2.24) is 19.8 Å². The smallest absolute Gasteiger partial charge is 0.236 e. The molecule has 2 aliphatic heterocycles. The number of fused-ring (bicyclic) bond motifs is 2. The van der Waals surface area contributed by atoms with Crippen LogP contribution in [0.3, 0.4) is 0 Å². The molecule has 0 bridgehead atoms. The summed E-state index contributed by atoms with van der Waals surface area (Å²) in [6.45, 7) is 8.53. The maximum Gasteiger partial charge on any atom is 0.236 e. The SMILES string of the molecule is CCN(CC)C(=O)CN1CCC2(CC1)OCCc1cnc(N(C)C)nc12. The van der Waals surface area contributed by atoms with Gasteiger partial charge in [0.1, 0.15) is 5.60 Å². The monoisotopic (exact) mass is 361 g/mol. The van der Waals surface area contributed by atoms with Gasteiger partial charge in [0, 0.05) is 46.5 Å². The Bertz CT molecular complexity index is 637. The van der Waals surface area contributed by atoms with Crippen molar-refractivity contribution < 1.29 is 9.53 Å². The van der Waals surface area contributed by atoms with Gasteiger partial charge in [0.15, 0.2) is 0 Å². The van der Waals surface area contributed by atoms with Gasteiger partial charge in [-0.3, -0.25) is 9.69 Å². The van der Waals surface area contributed by atoms with E-state index in [0.717, 1.165) is 63.7 Å². The third-order valence-electron chi connectivity index (χ3n) is 5.57. The number of aromatic nitrogens is 2. The molecule has 7 heteroatoms. The molecule has 7 nitrogen and oxygen atoms in total. The zero-order chi connectivity index (χ0) is 18.7. The molecule has 0 unspecified atom stereocenters. The topological polar surface area (TPSA) is 61.8 Å². The first kappa shape index (κ1) is 19.0. The van der Waals surface area contributed by atoms with Gasteiger partial charge in [0.05, 0.1) is 18.8 Å². The molecular weight excluding hydrogens is 330 g/mol. The molecule has 2 aliphatic rings. The fourth-order valence-electron chi connectivity index (χ4n) is 3.94. The van der Waals surface area contributed by atoms with Crippen molar-refractivity contribution in [3.8, 4) is 0 Å². The number of hydrogen-bond acceptors (Lipinski definition) is 6. The van der Waals surface area contributed by atoms with Crippen molar-refractivity contribution in [3.63, 3.8) is 0 Å². The number of ether oxygens (including phenoxy) is 1. The van der Waals surface area contributed by atoms with Crippen LogP contribution in [-0.2, 0) is 21.6 Å². The van der Waals surface area contributed by atoms with Crippen LogP contribution in [0.2, 0.25) is 0 Å². The van der Waals surface area contributed by atoms with Crippen molar-refractivity contribution in [1.29, 1.82) is 0 Å². The summed E-state index contributed by atoms with van der Waals surface area (Å²) >= 11 is 0. The lowest BCUT2D eigenvalue weighted by atomic mass is 9.83. The molecule has 1 aromatic rings. The van der Waals surface area contributed by atoms with Gasteiger partial charge in [-0.2, -0.15) is 0 Å². The Morgan fingerprint density at radius 2 is 1.96 bits per heavy atom. The van der Waals surface area contributed by atoms with E-state index < -0.39 is 0 Å². The number of rotatable bonds is 5.